The summed E-state index contributed by atoms with van der Waals surface area (Å²) in [5.41, 5.74) is 1.15. The molecule has 2 aromatic rings. The van der Waals surface area contributed by atoms with Crippen LogP contribution in [-0.2, 0) is 0 Å². The standard InChI is InChI=1S/C13H18N6O/c1-9(2)19-8-10(7-14-19)15-12-6-5-11(16-17-12)13(20)18(3)4/h5-9H,1-4H3,(H,15,17). The normalized spacial score (nSPS) is 10.7. The molecule has 106 valence electrons. The maximum atomic E-state index is 11.7. The van der Waals surface area contributed by atoms with Crippen molar-refractivity contribution in [3.05, 3.63) is 30.2 Å². The largest absolute Gasteiger partial charge is 0.343 e. The Morgan fingerprint density at radius 2 is 2.05 bits per heavy atom. The summed E-state index contributed by atoms with van der Waals surface area (Å²) in [6.45, 7) is 4.11. The molecule has 0 saturated heterocycles. The molecule has 0 aliphatic carbocycles. The fourth-order valence-electron chi connectivity index (χ4n) is 1.57. The predicted octanol–water partition coefficient (Wildman–Crippen LogP) is 1.70. The van der Waals surface area contributed by atoms with Crippen LogP contribution in [0.5, 0.6) is 0 Å². The second-order valence-corrected chi connectivity index (χ2v) is 4.93. The monoisotopic (exact) mass is 274 g/mol. The van der Waals surface area contributed by atoms with Crippen LogP contribution in [0.25, 0.3) is 0 Å². The first-order chi connectivity index (χ1) is 9.47. The highest BCUT2D eigenvalue weighted by Crippen LogP contribution is 2.15. The van der Waals surface area contributed by atoms with Gasteiger partial charge in [0, 0.05) is 26.3 Å². The van der Waals surface area contributed by atoms with Crippen molar-refractivity contribution in [2.45, 2.75) is 19.9 Å². The maximum absolute atomic E-state index is 11.7. The number of anilines is 2. The fourth-order valence-corrected chi connectivity index (χ4v) is 1.57. The van der Waals surface area contributed by atoms with Crippen LogP contribution in [0.1, 0.15) is 30.4 Å². The molecule has 2 aromatic heterocycles. The molecule has 2 heterocycles. The number of nitrogens with one attached hydrogen (secondary N) is 1. The first-order valence-electron chi connectivity index (χ1n) is 6.34. The van der Waals surface area contributed by atoms with E-state index in [0.717, 1.165) is 5.69 Å². The van der Waals surface area contributed by atoms with E-state index >= 15 is 0 Å². The van der Waals surface area contributed by atoms with Gasteiger partial charge < -0.3 is 10.2 Å². The molecule has 0 fully saturated rings. The fraction of sp³-hybridized carbons (Fsp3) is 0.385. The zero-order valence-electron chi connectivity index (χ0n) is 12.0. The van der Waals surface area contributed by atoms with Crippen molar-refractivity contribution in [3.63, 3.8) is 0 Å². The predicted molar refractivity (Wildman–Crippen MR) is 75.9 cm³/mol. The molecule has 0 saturated carbocycles. The van der Waals surface area contributed by atoms with Gasteiger partial charge in [-0.1, -0.05) is 0 Å². The minimum Gasteiger partial charge on any atom is -0.343 e. The molecule has 20 heavy (non-hydrogen) atoms. The van der Waals surface area contributed by atoms with Crippen molar-refractivity contribution in [2.24, 2.45) is 0 Å². The van der Waals surface area contributed by atoms with Crippen molar-refractivity contribution in [1.82, 2.24) is 24.9 Å². The zero-order chi connectivity index (χ0) is 14.7. The topological polar surface area (TPSA) is 75.9 Å². The van der Waals surface area contributed by atoms with Gasteiger partial charge in [0.15, 0.2) is 11.5 Å². The summed E-state index contributed by atoms with van der Waals surface area (Å²) in [5.74, 6) is 0.403. The summed E-state index contributed by atoms with van der Waals surface area (Å²) in [4.78, 5) is 13.1. The van der Waals surface area contributed by atoms with Crippen molar-refractivity contribution in [1.29, 1.82) is 0 Å². The van der Waals surface area contributed by atoms with E-state index in [1.165, 1.54) is 4.90 Å². The van der Waals surface area contributed by atoms with Gasteiger partial charge in [0.05, 0.1) is 11.9 Å². The summed E-state index contributed by atoms with van der Waals surface area (Å²) in [5, 5.41) is 15.2. The molecule has 7 nitrogen and oxygen atoms in total. The lowest BCUT2D eigenvalue weighted by atomic mass is 10.3. The molecule has 0 aliphatic heterocycles. The Kier molecular flexibility index (Phi) is 3.97. The molecule has 1 N–H and O–H groups in total. The number of rotatable bonds is 4. The Hall–Kier alpha value is -2.44. The second-order valence-electron chi connectivity index (χ2n) is 4.93. The van der Waals surface area contributed by atoms with Crippen LogP contribution in [0.15, 0.2) is 24.5 Å². The quantitative estimate of drug-likeness (QED) is 0.918. The van der Waals surface area contributed by atoms with Crippen LogP contribution < -0.4 is 5.32 Å². The van der Waals surface area contributed by atoms with Crippen LogP contribution in [0.2, 0.25) is 0 Å². The summed E-state index contributed by atoms with van der Waals surface area (Å²) >= 11 is 0. The van der Waals surface area contributed by atoms with Crippen molar-refractivity contribution in [3.8, 4) is 0 Å². The van der Waals surface area contributed by atoms with Crippen molar-refractivity contribution >= 4 is 17.4 Å². The summed E-state index contributed by atoms with van der Waals surface area (Å²) in [6, 6.07) is 3.66. The SMILES string of the molecule is CC(C)n1cc(Nc2ccc(C(=O)N(C)C)nn2)cn1. The molecule has 0 spiro atoms. The third-order valence-electron chi connectivity index (χ3n) is 2.69. The maximum Gasteiger partial charge on any atom is 0.273 e. The van der Waals surface area contributed by atoms with Crippen molar-refractivity contribution < 1.29 is 4.79 Å². The Morgan fingerprint density at radius 1 is 1.30 bits per heavy atom. The van der Waals surface area contributed by atoms with Gasteiger partial charge >= 0.3 is 0 Å². The number of hydrogen-bond acceptors (Lipinski definition) is 5. The first-order valence-corrected chi connectivity index (χ1v) is 6.34. The zero-order valence-corrected chi connectivity index (χ0v) is 12.0. The van der Waals surface area contributed by atoms with E-state index in [1.807, 2.05) is 10.9 Å². The molecule has 0 aromatic carbocycles. The molecule has 0 bridgehead atoms. The Morgan fingerprint density at radius 3 is 2.55 bits per heavy atom. The lowest BCUT2D eigenvalue weighted by Gasteiger charge is -2.09. The number of carbonyl (C=O) groups is 1. The minimum absolute atomic E-state index is 0.170. The molecular weight excluding hydrogens is 256 g/mol. The lowest BCUT2D eigenvalue weighted by molar-refractivity contribution is 0.0821. The van der Waals surface area contributed by atoms with Crippen LogP contribution in [0.3, 0.4) is 0 Å². The van der Waals surface area contributed by atoms with Crippen LogP contribution in [0, 0.1) is 0 Å². The average molecular weight is 274 g/mol. The number of amides is 1. The summed E-state index contributed by atoms with van der Waals surface area (Å²) in [7, 11) is 3.35. The van der Waals surface area contributed by atoms with Crippen LogP contribution in [0.4, 0.5) is 11.5 Å². The van der Waals surface area contributed by atoms with Gasteiger partial charge in [0.25, 0.3) is 5.91 Å². The summed E-state index contributed by atoms with van der Waals surface area (Å²) in [6.07, 6.45) is 3.62. The highest BCUT2D eigenvalue weighted by atomic mass is 16.2. The lowest BCUT2D eigenvalue weighted by Crippen LogP contribution is -2.23. The van der Waals surface area contributed by atoms with Gasteiger partial charge in [-0.25, -0.2) is 0 Å². The minimum atomic E-state index is -0.170. The van der Waals surface area contributed by atoms with E-state index < -0.39 is 0 Å². The Bertz CT molecular complexity index is 587. The van der Waals surface area contributed by atoms with Gasteiger partial charge in [-0.2, -0.15) is 5.10 Å². The van der Waals surface area contributed by atoms with E-state index in [-0.39, 0.29) is 5.91 Å². The van der Waals surface area contributed by atoms with E-state index in [2.05, 4.69) is 34.5 Å². The number of aromatic nitrogens is 4. The van der Waals surface area contributed by atoms with Crippen LogP contribution >= 0.6 is 0 Å². The van der Waals surface area contributed by atoms with Gasteiger partial charge in [-0.3, -0.25) is 9.48 Å². The Balaban J connectivity index is 2.08. The van der Waals surface area contributed by atoms with Crippen molar-refractivity contribution in [2.75, 3.05) is 19.4 Å². The first kappa shape index (κ1) is 14.0. The summed E-state index contributed by atoms with van der Waals surface area (Å²) < 4.78 is 1.85. The van der Waals surface area contributed by atoms with Gasteiger partial charge in [0.1, 0.15) is 0 Å². The second kappa shape index (κ2) is 5.68. The highest BCUT2D eigenvalue weighted by molar-refractivity contribution is 5.91. The number of carbonyl (C=O) groups excluding carboxylic acids is 1. The molecule has 0 radical (unpaired) electrons. The smallest absolute Gasteiger partial charge is 0.273 e. The van der Waals surface area contributed by atoms with E-state index in [4.69, 9.17) is 0 Å². The highest BCUT2D eigenvalue weighted by Gasteiger charge is 2.10. The Labute approximate surface area is 117 Å². The van der Waals surface area contributed by atoms with Gasteiger partial charge in [-0.05, 0) is 26.0 Å². The van der Waals surface area contributed by atoms with Crippen LogP contribution in [-0.4, -0.2) is 44.9 Å². The third kappa shape index (κ3) is 3.11. The molecular formula is C13H18N6O. The van der Waals surface area contributed by atoms with Gasteiger partial charge in [-0.15, -0.1) is 10.2 Å². The molecule has 0 unspecified atom stereocenters. The molecule has 0 aliphatic rings. The third-order valence-corrected chi connectivity index (χ3v) is 2.69. The van der Waals surface area contributed by atoms with Gasteiger partial charge in [0.2, 0.25) is 0 Å². The van der Waals surface area contributed by atoms with E-state index in [1.54, 1.807) is 32.4 Å². The molecule has 2 rings (SSSR count). The number of hydrogen-bond donors (Lipinski definition) is 1. The molecule has 1 amide bonds. The molecule has 0 atom stereocenters. The average Bonchev–Trinajstić information content (AvgIpc) is 2.87. The number of nitrogens with zero attached hydrogens (tertiary/aromatic N) is 5. The molecule has 7 heteroatoms. The van der Waals surface area contributed by atoms with E-state index in [0.29, 0.717) is 17.6 Å². The van der Waals surface area contributed by atoms with E-state index in [9.17, 15) is 4.79 Å².